The van der Waals surface area contributed by atoms with Crippen LogP contribution < -0.4 is 5.73 Å². The monoisotopic (exact) mass is 269 g/mol. The molecule has 2 aromatic rings. The Kier molecular flexibility index (Phi) is 3.62. The SMILES string of the molecule is Cc1ccc(C(C(C)N)n2cnc3c2CCCC3)cc1. The molecule has 0 bridgehead atoms. The molecule has 0 fully saturated rings. The fourth-order valence-electron chi connectivity index (χ4n) is 3.21. The Morgan fingerprint density at radius 1 is 1.15 bits per heavy atom. The molecular weight excluding hydrogens is 246 g/mol. The molecule has 0 saturated carbocycles. The fourth-order valence-corrected chi connectivity index (χ4v) is 3.21. The van der Waals surface area contributed by atoms with E-state index in [0.29, 0.717) is 0 Å². The second-order valence-electron chi connectivity index (χ2n) is 5.97. The van der Waals surface area contributed by atoms with Gasteiger partial charge in [0.2, 0.25) is 0 Å². The van der Waals surface area contributed by atoms with E-state index in [0.717, 1.165) is 12.8 Å². The third kappa shape index (κ3) is 2.38. The summed E-state index contributed by atoms with van der Waals surface area (Å²) in [6.07, 6.45) is 6.76. The topological polar surface area (TPSA) is 43.8 Å². The molecular formula is C17H23N3. The van der Waals surface area contributed by atoms with Crippen molar-refractivity contribution in [2.75, 3.05) is 0 Å². The summed E-state index contributed by atoms with van der Waals surface area (Å²) >= 11 is 0. The lowest BCUT2D eigenvalue weighted by Gasteiger charge is -2.26. The molecule has 3 heteroatoms. The second-order valence-corrected chi connectivity index (χ2v) is 5.97. The van der Waals surface area contributed by atoms with E-state index < -0.39 is 0 Å². The lowest BCUT2D eigenvalue weighted by Crippen LogP contribution is -2.31. The molecule has 1 aliphatic rings. The highest BCUT2D eigenvalue weighted by atomic mass is 15.1. The molecule has 20 heavy (non-hydrogen) atoms. The number of hydrogen-bond donors (Lipinski definition) is 1. The molecule has 0 saturated heterocycles. The Labute approximate surface area is 120 Å². The number of fused-ring (bicyclic) bond motifs is 1. The summed E-state index contributed by atoms with van der Waals surface area (Å²) in [6.45, 7) is 4.20. The van der Waals surface area contributed by atoms with Crippen LogP contribution in [0, 0.1) is 6.92 Å². The molecule has 1 aliphatic carbocycles. The molecule has 106 valence electrons. The van der Waals surface area contributed by atoms with E-state index in [1.165, 1.54) is 35.4 Å². The molecule has 2 unspecified atom stereocenters. The van der Waals surface area contributed by atoms with E-state index in [2.05, 4.69) is 47.7 Å². The molecule has 2 atom stereocenters. The van der Waals surface area contributed by atoms with Crippen LogP contribution in [0.4, 0.5) is 0 Å². The summed E-state index contributed by atoms with van der Waals surface area (Å²) < 4.78 is 2.31. The minimum absolute atomic E-state index is 0.0675. The molecule has 1 aromatic carbocycles. The van der Waals surface area contributed by atoms with Crippen molar-refractivity contribution in [1.82, 2.24) is 9.55 Å². The van der Waals surface area contributed by atoms with Gasteiger partial charge in [-0.25, -0.2) is 4.98 Å². The van der Waals surface area contributed by atoms with Gasteiger partial charge in [0.25, 0.3) is 0 Å². The van der Waals surface area contributed by atoms with Crippen LogP contribution in [0.5, 0.6) is 0 Å². The maximum Gasteiger partial charge on any atom is 0.0957 e. The van der Waals surface area contributed by atoms with Gasteiger partial charge >= 0.3 is 0 Å². The minimum Gasteiger partial charge on any atom is -0.326 e. The Hall–Kier alpha value is -1.61. The Morgan fingerprint density at radius 2 is 1.85 bits per heavy atom. The number of aromatic nitrogens is 2. The van der Waals surface area contributed by atoms with Crippen molar-refractivity contribution in [2.45, 2.75) is 51.6 Å². The third-order valence-corrected chi connectivity index (χ3v) is 4.28. The number of imidazole rings is 1. The van der Waals surface area contributed by atoms with Crippen molar-refractivity contribution in [3.8, 4) is 0 Å². The van der Waals surface area contributed by atoms with Crippen molar-refractivity contribution < 1.29 is 0 Å². The molecule has 0 aliphatic heterocycles. The van der Waals surface area contributed by atoms with Crippen LogP contribution >= 0.6 is 0 Å². The average molecular weight is 269 g/mol. The number of nitrogens with two attached hydrogens (primary N) is 1. The molecule has 1 heterocycles. The fraction of sp³-hybridized carbons (Fsp3) is 0.471. The molecule has 0 amide bonds. The maximum absolute atomic E-state index is 6.28. The van der Waals surface area contributed by atoms with E-state index in [4.69, 9.17) is 5.73 Å². The summed E-state index contributed by atoms with van der Waals surface area (Å²) in [6, 6.07) is 8.96. The van der Waals surface area contributed by atoms with E-state index in [9.17, 15) is 0 Å². The quantitative estimate of drug-likeness (QED) is 0.931. The zero-order chi connectivity index (χ0) is 14.1. The van der Waals surface area contributed by atoms with Gasteiger partial charge in [-0.15, -0.1) is 0 Å². The maximum atomic E-state index is 6.28. The highest BCUT2D eigenvalue weighted by Gasteiger charge is 2.24. The van der Waals surface area contributed by atoms with Gasteiger partial charge in [0.15, 0.2) is 0 Å². The standard InChI is InChI=1S/C17H23N3/c1-12-7-9-14(10-8-12)17(13(2)18)20-11-19-15-5-3-4-6-16(15)20/h7-11,13,17H,3-6,18H2,1-2H3. The molecule has 0 spiro atoms. The van der Waals surface area contributed by atoms with E-state index >= 15 is 0 Å². The van der Waals surface area contributed by atoms with Crippen LogP contribution in [0.25, 0.3) is 0 Å². The van der Waals surface area contributed by atoms with Crippen molar-refractivity contribution in [1.29, 1.82) is 0 Å². The van der Waals surface area contributed by atoms with Gasteiger partial charge in [0.1, 0.15) is 0 Å². The first kappa shape index (κ1) is 13.4. The average Bonchev–Trinajstić information content (AvgIpc) is 2.85. The molecule has 1 aromatic heterocycles. The smallest absolute Gasteiger partial charge is 0.0957 e. The predicted octanol–water partition coefficient (Wildman–Crippen LogP) is 3.01. The lowest BCUT2D eigenvalue weighted by molar-refractivity contribution is 0.473. The Bertz CT molecular complexity index is 581. The molecule has 3 rings (SSSR count). The largest absolute Gasteiger partial charge is 0.326 e. The first-order chi connectivity index (χ1) is 9.66. The van der Waals surface area contributed by atoms with Crippen molar-refractivity contribution in [3.05, 3.63) is 53.1 Å². The number of nitrogens with zero attached hydrogens (tertiary/aromatic N) is 2. The van der Waals surface area contributed by atoms with E-state index in [1.807, 2.05) is 6.33 Å². The second kappa shape index (κ2) is 5.41. The van der Waals surface area contributed by atoms with Gasteiger partial charge in [-0.05, 0) is 45.1 Å². The van der Waals surface area contributed by atoms with Crippen LogP contribution in [-0.2, 0) is 12.8 Å². The highest BCUT2D eigenvalue weighted by molar-refractivity contribution is 5.28. The summed E-state index contributed by atoms with van der Waals surface area (Å²) in [4.78, 5) is 4.61. The number of benzene rings is 1. The first-order valence-corrected chi connectivity index (χ1v) is 7.53. The van der Waals surface area contributed by atoms with Crippen molar-refractivity contribution >= 4 is 0 Å². The molecule has 3 nitrogen and oxygen atoms in total. The van der Waals surface area contributed by atoms with Crippen LogP contribution in [0.2, 0.25) is 0 Å². The molecule has 2 N–H and O–H groups in total. The summed E-state index contributed by atoms with van der Waals surface area (Å²) in [5.74, 6) is 0. The van der Waals surface area contributed by atoms with E-state index in [-0.39, 0.29) is 12.1 Å². The minimum atomic E-state index is 0.0675. The van der Waals surface area contributed by atoms with Gasteiger partial charge in [-0.1, -0.05) is 29.8 Å². The van der Waals surface area contributed by atoms with Gasteiger partial charge in [-0.3, -0.25) is 0 Å². The number of aryl methyl sites for hydroxylation is 2. The van der Waals surface area contributed by atoms with Crippen molar-refractivity contribution in [3.63, 3.8) is 0 Å². The summed E-state index contributed by atoms with van der Waals surface area (Å²) in [5, 5.41) is 0. The Balaban J connectivity index is 2.03. The zero-order valence-electron chi connectivity index (χ0n) is 12.3. The van der Waals surface area contributed by atoms with Gasteiger partial charge in [0, 0.05) is 11.7 Å². The van der Waals surface area contributed by atoms with Crippen LogP contribution in [0.3, 0.4) is 0 Å². The van der Waals surface area contributed by atoms with Gasteiger partial charge < -0.3 is 10.3 Å². The lowest BCUT2D eigenvalue weighted by atomic mass is 9.96. The number of hydrogen-bond acceptors (Lipinski definition) is 2. The summed E-state index contributed by atoms with van der Waals surface area (Å²) in [7, 11) is 0. The van der Waals surface area contributed by atoms with Gasteiger partial charge in [0.05, 0.1) is 18.1 Å². The normalized spacial score (nSPS) is 17.6. The van der Waals surface area contributed by atoms with Crippen LogP contribution in [-0.4, -0.2) is 15.6 Å². The van der Waals surface area contributed by atoms with Crippen molar-refractivity contribution in [2.24, 2.45) is 5.73 Å². The molecule has 0 radical (unpaired) electrons. The third-order valence-electron chi connectivity index (χ3n) is 4.28. The highest BCUT2D eigenvalue weighted by Crippen LogP contribution is 2.28. The van der Waals surface area contributed by atoms with Crippen LogP contribution in [0.1, 0.15) is 48.3 Å². The van der Waals surface area contributed by atoms with E-state index in [1.54, 1.807) is 0 Å². The number of rotatable bonds is 3. The van der Waals surface area contributed by atoms with Gasteiger partial charge in [-0.2, -0.15) is 0 Å². The predicted molar refractivity (Wildman–Crippen MR) is 81.8 cm³/mol. The van der Waals surface area contributed by atoms with Crippen LogP contribution in [0.15, 0.2) is 30.6 Å². The Morgan fingerprint density at radius 3 is 2.55 bits per heavy atom. The first-order valence-electron chi connectivity index (χ1n) is 7.53. The zero-order valence-corrected chi connectivity index (χ0v) is 12.3. The summed E-state index contributed by atoms with van der Waals surface area (Å²) in [5.41, 5.74) is 11.5.